The fourth-order valence-corrected chi connectivity index (χ4v) is 3.15. The SMILES string of the molecule is c1ccc(-c2nc(Cn3ccnc3-c3cccc4ncccc34)no2)cc1. The molecule has 0 spiro atoms. The molecule has 27 heavy (non-hydrogen) atoms. The van der Waals surface area contributed by atoms with E-state index >= 15 is 0 Å². The highest BCUT2D eigenvalue weighted by molar-refractivity contribution is 5.92. The minimum absolute atomic E-state index is 0.475. The largest absolute Gasteiger partial charge is 0.334 e. The summed E-state index contributed by atoms with van der Waals surface area (Å²) >= 11 is 0. The van der Waals surface area contributed by atoms with E-state index in [1.54, 1.807) is 12.4 Å². The smallest absolute Gasteiger partial charge is 0.257 e. The van der Waals surface area contributed by atoms with Crippen LogP contribution in [0.2, 0.25) is 0 Å². The Hall–Kier alpha value is -3.80. The second kappa shape index (κ2) is 6.49. The van der Waals surface area contributed by atoms with Crippen molar-refractivity contribution in [2.24, 2.45) is 0 Å². The average Bonchev–Trinajstić information content (AvgIpc) is 3.38. The Morgan fingerprint density at radius 2 is 1.78 bits per heavy atom. The molecule has 2 aromatic carbocycles. The Labute approximate surface area is 155 Å². The van der Waals surface area contributed by atoms with Crippen LogP contribution in [0, 0.1) is 0 Å². The zero-order valence-corrected chi connectivity index (χ0v) is 14.4. The number of hydrogen-bond donors (Lipinski definition) is 0. The van der Waals surface area contributed by atoms with Crippen LogP contribution in [0.3, 0.4) is 0 Å². The topological polar surface area (TPSA) is 69.6 Å². The first-order valence-corrected chi connectivity index (χ1v) is 8.62. The number of pyridine rings is 1. The van der Waals surface area contributed by atoms with E-state index in [2.05, 4.69) is 32.2 Å². The number of rotatable bonds is 4. The molecule has 0 unspecified atom stereocenters. The molecule has 0 aliphatic carbocycles. The predicted octanol–water partition coefficient (Wildman–Crippen LogP) is 4.20. The molecule has 0 saturated heterocycles. The zero-order valence-electron chi connectivity index (χ0n) is 14.4. The van der Waals surface area contributed by atoms with E-state index in [1.165, 1.54) is 0 Å². The van der Waals surface area contributed by atoms with Gasteiger partial charge in [0.25, 0.3) is 5.89 Å². The van der Waals surface area contributed by atoms with Crippen LogP contribution in [0.1, 0.15) is 5.82 Å². The third kappa shape index (κ3) is 2.87. The van der Waals surface area contributed by atoms with E-state index in [0.29, 0.717) is 18.3 Å². The van der Waals surface area contributed by atoms with Crippen LogP contribution >= 0.6 is 0 Å². The van der Waals surface area contributed by atoms with E-state index in [4.69, 9.17) is 4.52 Å². The van der Waals surface area contributed by atoms with Gasteiger partial charge in [-0.3, -0.25) is 4.98 Å². The molecule has 0 amide bonds. The maximum atomic E-state index is 5.41. The summed E-state index contributed by atoms with van der Waals surface area (Å²) in [5.41, 5.74) is 2.87. The van der Waals surface area contributed by atoms with Crippen molar-refractivity contribution in [3.63, 3.8) is 0 Å². The molecule has 6 heteroatoms. The van der Waals surface area contributed by atoms with Gasteiger partial charge in [-0.1, -0.05) is 41.6 Å². The van der Waals surface area contributed by atoms with E-state index in [0.717, 1.165) is 27.9 Å². The van der Waals surface area contributed by atoms with Gasteiger partial charge in [0.15, 0.2) is 5.82 Å². The zero-order chi connectivity index (χ0) is 18.1. The first-order valence-electron chi connectivity index (χ1n) is 8.62. The molecule has 6 nitrogen and oxygen atoms in total. The summed E-state index contributed by atoms with van der Waals surface area (Å²) in [6, 6.07) is 19.8. The van der Waals surface area contributed by atoms with Crippen LogP contribution < -0.4 is 0 Å². The van der Waals surface area contributed by atoms with Crippen LogP contribution in [0.4, 0.5) is 0 Å². The molecule has 3 aromatic heterocycles. The molecule has 3 heterocycles. The van der Waals surface area contributed by atoms with Gasteiger partial charge < -0.3 is 9.09 Å². The van der Waals surface area contributed by atoms with Crippen LogP contribution in [-0.4, -0.2) is 24.7 Å². The highest BCUT2D eigenvalue weighted by Gasteiger charge is 2.13. The van der Waals surface area contributed by atoms with Crippen molar-refractivity contribution in [2.45, 2.75) is 6.54 Å². The van der Waals surface area contributed by atoms with E-state index in [9.17, 15) is 0 Å². The molecule has 0 atom stereocenters. The molecule has 5 aromatic rings. The molecular formula is C21H15N5O. The number of imidazole rings is 1. The molecule has 0 bridgehead atoms. The van der Waals surface area contributed by atoms with Gasteiger partial charge in [-0.25, -0.2) is 4.98 Å². The van der Waals surface area contributed by atoms with Crippen LogP contribution in [0.15, 0.2) is 83.8 Å². The van der Waals surface area contributed by atoms with Crippen LogP contribution in [-0.2, 0) is 6.54 Å². The Balaban J connectivity index is 1.50. The molecule has 0 aliphatic heterocycles. The van der Waals surface area contributed by atoms with Crippen molar-refractivity contribution in [1.82, 2.24) is 24.7 Å². The fourth-order valence-electron chi connectivity index (χ4n) is 3.15. The van der Waals surface area contributed by atoms with Gasteiger partial charge in [0, 0.05) is 35.1 Å². The average molecular weight is 353 g/mol. The molecule has 0 N–H and O–H groups in total. The van der Waals surface area contributed by atoms with E-state index < -0.39 is 0 Å². The fraction of sp³-hybridized carbons (Fsp3) is 0.0476. The highest BCUT2D eigenvalue weighted by Crippen LogP contribution is 2.27. The summed E-state index contributed by atoms with van der Waals surface area (Å²) in [6.07, 6.45) is 5.49. The Kier molecular flexibility index (Phi) is 3.72. The summed E-state index contributed by atoms with van der Waals surface area (Å²) < 4.78 is 7.43. The number of hydrogen-bond acceptors (Lipinski definition) is 5. The van der Waals surface area contributed by atoms with Crippen molar-refractivity contribution in [1.29, 1.82) is 0 Å². The summed E-state index contributed by atoms with van der Waals surface area (Å²) in [6.45, 7) is 0.475. The van der Waals surface area contributed by atoms with Crippen molar-refractivity contribution in [3.8, 4) is 22.8 Å². The van der Waals surface area contributed by atoms with Gasteiger partial charge >= 0.3 is 0 Å². The first kappa shape index (κ1) is 15.5. The third-order valence-electron chi connectivity index (χ3n) is 4.40. The Bertz CT molecular complexity index is 1200. The van der Waals surface area contributed by atoms with Crippen molar-refractivity contribution in [2.75, 3.05) is 0 Å². The minimum Gasteiger partial charge on any atom is -0.334 e. The summed E-state index contributed by atoms with van der Waals surface area (Å²) in [5, 5.41) is 5.18. The lowest BCUT2D eigenvalue weighted by Gasteiger charge is -2.08. The van der Waals surface area contributed by atoms with E-state index in [-0.39, 0.29) is 0 Å². The normalized spacial score (nSPS) is 11.1. The summed E-state index contributed by atoms with van der Waals surface area (Å²) in [7, 11) is 0. The quantitative estimate of drug-likeness (QED) is 0.484. The Morgan fingerprint density at radius 1 is 0.852 bits per heavy atom. The molecule has 0 saturated carbocycles. The van der Waals surface area contributed by atoms with Gasteiger partial charge in [0.2, 0.25) is 0 Å². The van der Waals surface area contributed by atoms with Crippen molar-refractivity contribution in [3.05, 3.63) is 85.1 Å². The van der Waals surface area contributed by atoms with Gasteiger partial charge in [-0.2, -0.15) is 4.98 Å². The van der Waals surface area contributed by atoms with Crippen molar-refractivity contribution < 1.29 is 4.52 Å². The minimum atomic E-state index is 0.475. The third-order valence-corrected chi connectivity index (χ3v) is 4.40. The second-order valence-electron chi connectivity index (χ2n) is 6.14. The number of benzene rings is 2. The lowest BCUT2D eigenvalue weighted by molar-refractivity contribution is 0.420. The Morgan fingerprint density at radius 3 is 2.70 bits per heavy atom. The van der Waals surface area contributed by atoms with E-state index in [1.807, 2.05) is 59.3 Å². The van der Waals surface area contributed by atoms with Gasteiger partial charge in [0.1, 0.15) is 5.82 Å². The standard InChI is InChI=1S/C21H15N5O/c1-2-6-15(7-3-1)21-24-19(25-27-21)14-26-13-12-23-20(26)17-8-4-10-18-16(17)9-5-11-22-18/h1-13H,14H2. The summed E-state index contributed by atoms with van der Waals surface area (Å²) in [5.74, 6) is 1.97. The highest BCUT2D eigenvalue weighted by atomic mass is 16.5. The summed E-state index contributed by atoms with van der Waals surface area (Å²) in [4.78, 5) is 13.5. The van der Waals surface area contributed by atoms with Gasteiger partial charge in [-0.15, -0.1) is 0 Å². The lowest BCUT2D eigenvalue weighted by Crippen LogP contribution is -2.03. The maximum Gasteiger partial charge on any atom is 0.257 e. The number of fused-ring (bicyclic) bond motifs is 1. The second-order valence-corrected chi connectivity index (χ2v) is 6.14. The first-order chi connectivity index (χ1) is 13.4. The van der Waals surface area contributed by atoms with Crippen LogP contribution in [0.25, 0.3) is 33.7 Å². The molecule has 0 aliphatic rings. The molecule has 130 valence electrons. The molecule has 0 radical (unpaired) electrons. The molecule has 5 rings (SSSR count). The van der Waals surface area contributed by atoms with Crippen molar-refractivity contribution >= 4 is 10.9 Å². The monoisotopic (exact) mass is 353 g/mol. The maximum absolute atomic E-state index is 5.41. The predicted molar refractivity (Wildman–Crippen MR) is 102 cm³/mol. The molecule has 0 fully saturated rings. The van der Waals surface area contributed by atoms with Crippen LogP contribution in [0.5, 0.6) is 0 Å². The number of aromatic nitrogens is 5. The molecular weight excluding hydrogens is 338 g/mol. The van der Waals surface area contributed by atoms with Gasteiger partial charge in [0.05, 0.1) is 12.1 Å². The lowest BCUT2D eigenvalue weighted by atomic mass is 10.1. The van der Waals surface area contributed by atoms with Gasteiger partial charge in [-0.05, 0) is 24.3 Å². The number of nitrogens with zero attached hydrogens (tertiary/aromatic N) is 5.